The molecular weight excluding hydrogens is 186 g/mol. The summed E-state index contributed by atoms with van der Waals surface area (Å²) < 4.78 is 1.89. The lowest BCUT2D eigenvalue weighted by Gasteiger charge is -2.28. The Morgan fingerprint density at radius 1 is 1.20 bits per heavy atom. The Labute approximate surface area is 94.1 Å². The van der Waals surface area contributed by atoms with E-state index in [1.807, 2.05) is 17.8 Å². The molecule has 0 saturated heterocycles. The van der Waals surface area contributed by atoms with Gasteiger partial charge in [-0.05, 0) is 34.2 Å². The van der Waals surface area contributed by atoms with Crippen LogP contribution in [-0.2, 0) is 7.05 Å². The highest BCUT2D eigenvalue weighted by Gasteiger charge is 2.08. The van der Waals surface area contributed by atoms with Crippen LogP contribution in [0.15, 0.2) is 18.7 Å². The number of imidazole rings is 1. The largest absolute Gasteiger partial charge is 0.341 e. The van der Waals surface area contributed by atoms with Gasteiger partial charge in [-0.1, -0.05) is 6.92 Å². The van der Waals surface area contributed by atoms with Crippen molar-refractivity contribution in [1.82, 2.24) is 14.5 Å². The highest BCUT2D eigenvalue weighted by molar-refractivity contribution is 4.70. The molecule has 0 aliphatic rings. The average Bonchev–Trinajstić information content (AvgIpc) is 2.56. The Balaban J connectivity index is 0.000000280. The molecule has 0 saturated carbocycles. The highest BCUT2D eigenvalue weighted by Crippen LogP contribution is 2.02. The second kappa shape index (κ2) is 7.46. The van der Waals surface area contributed by atoms with Crippen molar-refractivity contribution in [3.05, 3.63) is 18.7 Å². The van der Waals surface area contributed by atoms with Crippen LogP contribution in [0.5, 0.6) is 0 Å². The summed E-state index contributed by atoms with van der Waals surface area (Å²) in [7, 11) is 1.94. The summed E-state index contributed by atoms with van der Waals surface area (Å²) in [5, 5.41) is 0. The van der Waals surface area contributed by atoms with E-state index in [1.165, 1.54) is 0 Å². The third kappa shape index (κ3) is 6.28. The minimum Gasteiger partial charge on any atom is -0.341 e. The van der Waals surface area contributed by atoms with Crippen LogP contribution in [-0.4, -0.2) is 33.1 Å². The van der Waals surface area contributed by atoms with Crippen LogP contribution < -0.4 is 0 Å². The van der Waals surface area contributed by atoms with E-state index in [4.69, 9.17) is 0 Å². The van der Waals surface area contributed by atoms with Gasteiger partial charge in [-0.15, -0.1) is 0 Å². The van der Waals surface area contributed by atoms with Crippen LogP contribution in [0.25, 0.3) is 0 Å². The van der Waals surface area contributed by atoms with Gasteiger partial charge < -0.3 is 4.57 Å². The number of rotatable bonds is 3. The van der Waals surface area contributed by atoms with Crippen LogP contribution in [0.1, 0.15) is 34.6 Å². The fourth-order valence-corrected chi connectivity index (χ4v) is 1.65. The zero-order valence-corrected chi connectivity index (χ0v) is 10.9. The first-order valence-corrected chi connectivity index (χ1v) is 5.66. The summed E-state index contributed by atoms with van der Waals surface area (Å²) in [6.07, 6.45) is 5.39. The normalized spacial score (nSPS) is 10.7. The maximum Gasteiger partial charge on any atom is 0.0943 e. The molecular formula is C12H25N3. The van der Waals surface area contributed by atoms with E-state index in [-0.39, 0.29) is 0 Å². The van der Waals surface area contributed by atoms with Gasteiger partial charge in [0.25, 0.3) is 0 Å². The zero-order chi connectivity index (χ0) is 11.8. The van der Waals surface area contributed by atoms with Gasteiger partial charge in [-0.3, -0.25) is 4.90 Å². The lowest BCUT2D eigenvalue weighted by Crippen LogP contribution is -2.36. The molecule has 0 spiro atoms. The standard InChI is InChI=1S/C8H19N.C4H6N2/c1-6-9(7(2)3)8(4)5;1-6-3-2-5-4-6/h7-8H,6H2,1-5H3;2-4H,1H3. The van der Waals surface area contributed by atoms with E-state index >= 15 is 0 Å². The maximum absolute atomic E-state index is 3.78. The third-order valence-corrected chi connectivity index (χ3v) is 2.33. The van der Waals surface area contributed by atoms with Gasteiger partial charge in [-0.25, -0.2) is 4.98 Å². The minimum atomic E-state index is 0.690. The van der Waals surface area contributed by atoms with Crippen molar-refractivity contribution in [3.8, 4) is 0 Å². The SMILES string of the molecule is CCN(C(C)C)C(C)C.Cn1ccnc1. The predicted octanol–water partition coefficient (Wildman–Crippen LogP) is 2.55. The fourth-order valence-electron chi connectivity index (χ4n) is 1.65. The van der Waals surface area contributed by atoms with Crippen molar-refractivity contribution in [2.24, 2.45) is 7.05 Å². The van der Waals surface area contributed by atoms with Gasteiger partial charge in [0.05, 0.1) is 6.33 Å². The third-order valence-electron chi connectivity index (χ3n) is 2.33. The molecule has 1 aromatic rings. The van der Waals surface area contributed by atoms with E-state index in [0.717, 1.165) is 6.54 Å². The number of hydrogen-bond donors (Lipinski definition) is 0. The molecule has 0 amide bonds. The molecule has 0 aliphatic heterocycles. The maximum atomic E-state index is 3.78. The topological polar surface area (TPSA) is 21.1 Å². The number of aromatic nitrogens is 2. The summed E-state index contributed by atoms with van der Waals surface area (Å²) in [4.78, 5) is 6.24. The van der Waals surface area contributed by atoms with Crippen LogP contribution in [0.2, 0.25) is 0 Å². The Kier molecular flexibility index (Phi) is 7.05. The lowest BCUT2D eigenvalue weighted by atomic mass is 10.2. The quantitative estimate of drug-likeness (QED) is 0.766. The molecule has 1 aromatic heterocycles. The zero-order valence-electron chi connectivity index (χ0n) is 10.9. The summed E-state index contributed by atoms with van der Waals surface area (Å²) in [6.45, 7) is 12.3. The molecule has 0 unspecified atom stereocenters. The Hall–Kier alpha value is -0.830. The summed E-state index contributed by atoms with van der Waals surface area (Å²) in [5.41, 5.74) is 0. The van der Waals surface area contributed by atoms with Crippen molar-refractivity contribution in [3.63, 3.8) is 0 Å². The van der Waals surface area contributed by atoms with E-state index in [0.29, 0.717) is 12.1 Å². The van der Waals surface area contributed by atoms with E-state index < -0.39 is 0 Å². The summed E-state index contributed by atoms with van der Waals surface area (Å²) in [6, 6.07) is 1.38. The van der Waals surface area contributed by atoms with E-state index in [2.05, 4.69) is 44.5 Å². The number of hydrogen-bond acceptors (Lipinski definition) is 2. The molecule has 1 heterocycles. The summed E-state index contributed by atoms with van der Waals surface area (Å²) >= 11 is 0. The molecule has 3 heteroatoms. The Morgan fingerprint density at radius 3 is 1.80 bits per heavy atom. The lowest BCUT2D eigenvalue weighted by molar-refractivity contribution is 0.185. The molecule has 15 heavy (non-hydrogen) atoms. The summed E-state index contributed by atoms with van der Waals surface area (Å²) in [5.74, 6) is 0. The van der Waals surface area contributed by atoms with Crippen LogP contribution in [0.3, 0.4) is 0 Å². The predicted molar refractivity (Wildman–Crippen MR) is 65.9 cm³/mol. The Morgan fingerprint density at radius 2 is 1.73 bits per heavy atom. The van der Waals surface area contributed by atoms with Crippen LogP contribution in [0, 0.1) is 0 Å². The minimum absolute atomic E-state index is 0.690. The van der Waals surface area contributed by atoms with Gasteiger partial charge >= 0.3 is 0 Å². The van der Waals surface area contributed by atoms with Crippen molar-refractivity contribution in [2.45, 2.75) is 46.7 Å². The van der Waals surface area contributed by atoms with Gasteiger partial charge in [-0.2, -0.15) is 0 Å². The molecule has 0 aromatic carbocycles. The molecule has 1 rings (SSSR count). The molecule has 0 atom stereocenters. The second-order valence-corrected chi connectivity index (χ2v) is 4.25. The first-order valence-electron chi connectivity index (χ1n) is 5.66. The molecule has 0 fully saturated rings. The smallest absolute Gasteiger partial charge is 0.0943 e. The molecule has 0 radical (unpaired) electrons. The molecule has 3 nitrogen and oxygen atoms in total. The Bertz CT molecular complexity index is 219. The molecule has 0 aliphatic carbocycles. The average molecular weight is 211 g/mol. The van der Waals surface area contributed by atoms with E-state index in [9.17, 15) is 0 Å². The number of nitrogens with zero attached hydrogens (tertiary/aromatic N) is 3. The second-order valence-electron chi connectivity index (χ2n) is 4.25. The van der Waals surface area contributed by atoms with Gasteiger partial charge in [0.15, 0.2) is 0 Å². The first kappa shape index (κ1) is 14.2. The van der Waals surface area contributed by atoms with E-state index in [1.54, 1.807) is 12.5 Å². The number of aryl methyl sites for hydroxylation is 1. The first-order chi connectivity index (χ1) is 6.99. The van der Waals surface area contributed by atoms with Crippen molar-refractivity contribution in [2.75, 3.05) is 6.54 Å². The van der Waals surface area contributed by atoms with Gasteiger partial charge in [0, 0.05) is 31.5 Å². The van der Waals surface area contributed by atoms with Gasteiger partial charge in [0.1, 0.15) is 0 Å². The molecule has 88 valence electrons. The van der Waals surface area contributed by atoms with Crippen molar-refractivity contribution in [1.29, 1.82) is 0 Å². The monoisotopic (exact) mass is 211 g/mol. The van der Waals surface area contributed by atoms with Crippen LogP contribution in [0.4, 0.5) is 0 Å². The molecule has 0 bridgehead atoms. The van der Waals surface area contributed by atoms with Gasteiger partial charge in [0.2, 0.25) is 0 Å². The van der Waals surface area contributed by atoms with Crippen LogP contribution >= 0.6 is 0 Å². The van der Waals surface area contributed by atoms with Crippen molar-refractivity contribution < 1.29 is 0 Å². The van der Waals surface area contributed by atoms with Crippen molar-refractivity contribution >= 4 is 0 Å². The highest BCUT2D eigenvalue weighted by atomic mass is 15.2. The fraction of sp³-hybridized carbons (Fsp3) is 0.750. The molecule has 0 N–H and O–H groups in total.